The van der Waals surface area contributed by atoms with Gasteiger partial charge in [0.25, 0.3) is 0 Å². The normalized spacial score (nSPS) is 9.30. The van der Waals surface area contributed by atoms with E-state index in [0.717, 1.165) is 0 Å². The lowest BCUT2D eigenvalue weighted by atomic mass is 9.98. The van der Waals surface area contributed by atoms with Gasteiger partial charge in [0.2, 0.25) is 0 Å². The van der Waals surface area contributed by atoms with Crippen molar-refractivity contribution in [2.24, 2.45) is 0 Å². The molecule has 0 saturated heterocycles. The van der Waals surface area contributed by atoms with Gasteiger partial charge < -0.3 is 9.84 Å². The third-order valence-electron chi connectivity index (χ3n) is 2.87. The summed E-state index contributed by atoms with van der Waals surface area (Å²) >= 11 is 0. The Labute approximate surface area is 136 Å². The van der Waals surface area contributed by atoms with Gasteiger partial charge in [-0.25, -0.2) is 4.79 Å². The van der Waals surface area contributed by atoms with Crippen LogP contribution in [0.1, 0.15) is 40.1 Å². The lowest BCUT2D eigenvalue weighted by molar-refractivity contribution is 0.0693. The first-order chi connectivity index (χ1) is 11.1. The highest BCUT2D eigenvalue weighted by Crippen LogP contribution is 2.19. The summed E-state index contributed by atoms with van der Waals surface area (Å²) in [5, 5.41) is 9.14. The molecule has 0 aliphatic rings. The Morgan fingerprint density at radius 1 is 1.09 bits per heavy atom. The van der Waals surface area contributed by atoms with Gasteiger partial charge in [0.15, 0.2) is 5.78 Å². The summed E-state index contributed by atoms with van der Waals surface area (Å²) in [6, 6.07) is 12.8. The largest absolute Gasteiger partial charge is 0.490 e. The van der Waals surface area contributed by atoms with Crippen LogP contribution in [0, 0.1) is 0 Å². The fourth-order valence-corrected chi connectivity index (χ4v) is 1.91. The lowest BCUT2D eigenvalue weighted by Crippen LogP contribution is -2.09. The molecule has 0 spiro atoms. The van der Waals surface area contributed by atoms with Crippen LogP contribution in [0.2, 0.25) is 0 Å². The number of carboxylic acid groups (broad SMARTS) is 1. The molecule has 0 fully saturated rings. The van der Waals surface area contributed by atoms with Gasteiger partial charge in [0, 0.05) is 11.1 Å². The zero-order valence-electron chi connectivity index (χ0n) is 13.3. The van der Waals surface area contributed by atoms with Crippen LogP contribution in [0.15, 0.2) is 61.2 Å². The van der Waals surface area contributed by atoms with Gasteiger partial charge in [-0.05, 0) is 18.2 Å². The molecule has 0 unspecified atom stereocenters. The van der Waals surface area contributed by atoms with Crippen LogP contribution in [0.4, 0.5) is 0 Å². The molecule has 0 atom stereocenters. The average molecular weight is 312 g/mol. The highest BCUT2D eigenvalue weighted by molar-refractivity contribution is 6.14. The number of carbonyl (C=O) groups is 2. The summed E-state index contributed by atoms with van der Waals surface area (Å²) in [5.74, 6) is -0.941. The van der Waals surface area contributed by atoms with Gasteiger partial charge in [0.1, 0.15) is 12.4 Å². The van der Waals surface area contributed by atoms with E-state index in [1.807, 2.05) is 13.8 Å². The zero-order chi connectivity index (χ0) is 17.2. The van der Waals surface area contributed by atoms with Crippen molar-refractivity contribution < 1.29 is 19.4 Å². The Bertz CT molecular complexity index is 689. The van der Waals surface area contributed by atoms with Gasteiger partial charge in [-0.15, -0.1) is 0 Å². The molecule has 2 aromatic rings. The SMILES string of the molecule is C=CCOc1cccc(C(=O)c2ccccc2C(=O)O)c1.CC. The van der Waals surface area contributed by atoms with Crippen LogP contribution in [0.5, 0.6) is 5.75 Å². The van der Waals surface area contributed by atoms with E-state index >= 15 is 0 Å². The summed E-state index contributed by atoms with van der Waals surface area (Å²) < 4.78 is 5.37. The van der Waals surface area contributed by atoms with Gasteiger partial charge >= 0.3 is 5.97 Å². The number of hydrogen-bond donors (Lipinski definition) is 1. The topological polar surface area (TPSA) is 63.6 Å². The average Bonchev–Trinajstić information content (AvgIpc) is 2.61. The standard InChI is InChI=1S/C17H14O4.C2H6/c1-2-10-21-13-7-5-6-12(11-13)16(18)14-8-3-4-9-15(14)17(19)20;1-2/h2-9,11H,1,10H2,(H,19,20);1-2H3. The highest BCUT2D eigenvalue weighted by Gasteiger charge is 2.17. The predicted molar refractivity (Wildman–Crippen MR) is 90.3 cm³/mol. The molecule has 120 valence electrons. The van der Waals surface area contributed by atoms with E-state index < -0.39 is 5.97 Å². The molecule has 0 heterocycles. The van der Waals surface area contributed by atoms with Gasteiger partial charge in [0.05, 0.1) is 5.56 Å². The minimum absolute atomic E-state index is 0.0140. The fourth-order valence-electron chi connectivity index (χ4n) is 1.91. The number of hydrogen-bond acceptors (Lipinski definition) is 3. The Morgan fingerprint density at radius 2 is 1.74 bits per heavy atom. The molecule has 0 saturated carbocycles. The van der Waals surface area contributed by atoms with E-state index in [-0.39, 0.29) is 16.9 Å². The first-order valence-corrected chi connectivity index (χ1v) is 7.34. The molecule has 0 radical (unpaired) electrons. The van der Waals surface area contributed by atoms with E-state index in [4.69, 9.17) is 9.84 Å². The number of rotatable bonds is 6. The molecule has 23 heavy (non-hydrogen) atoms. The van der Waals surface area contributed by atoms with Crippen molar-refractivity contribution in [3.05, 3.63) is 77.9 Å². The van der Waals surface area contributed by atoms with E-state index in [2.05, 4.69) is 6.58 Å². The fraction of sp³-hybridized carbons (Fsp3) is 0.158. The second kappa shape index (κ2) is 9.20. The van der Waals surface area contributed by atoms with Crippen molar-refractivity contribution in [1.82, 2.24) is 0 Å². The number of carboxylic acids is 1. The minimum Gasteiger partial charge on any atom is -0.490 e. The Morgan fingerprint density at radius 3 is 2.35 bits per heavy atom. The molecule has 0 aliphatic carbocycles. The number of ether oxygens (including phenoxy) is 1. The second-order valence-electron chi connectivity index (χ2n) is 4.31. The van der Waals surface area contributed by atoms with Crippen molar-refractivity contribution in [1.29, 1.82) is 0 Å². The lowest BCUT2D eigenvalue weighted by Gasteiger charge is -2.07. The minimum atomic E-state index is -1.13. The van der Waals surface area contributed by atoms with Crippen LogP contribution in [-0.2, 0) is 0 Å². The van der Waals surface area contributed by atoms with E-state index in [1.165, 1.54) is 12.1 Å². The molecule has 0 bridgehead atoms. The van der Waals surface area contributed by atoms with E-state index in [1.54, 1.807) is 42.5 Å². The first-order valence-electron chi connectivity index (χ1n) is 7.34. The summed E-state index contributed by atoms with van der Waals surface area (Å²) in [5.41, 5.74) is 0.524. The molecule has 4 heteroatoms. The monoisotopic (exact) mass is 312 g/mol. The molecule has 4 nitrogen and oxygen atoms in total. The van der Waals surface area contributed by atoms with Crippen LogP contribution in [0.3, 0.4) is 0 Å². The molecular weight excluding hydrogens is 292 g/mol. The summed E-state index contributed by atoms with van der Waals surface area (Å²) in [6.45, 7) is 7.89. The molecule has 0 amide bonds. The number of aromatic carboxylic acids is 1. The third-order valence-corrected chi connectivity index (χ3v) is 2.87. The zero-order valence-corrected chi connectivity index (χ0v) is 13.3. The smallest absolute Gasteiger partial charge is 0.336 e. The van der Waals surface area contributed by atoms with Crippen molar-refractivity contribution in [2.75, 3.05) is 6.61 Å². The number of ketones is 1. The van der Waals surface area contributed by atoms with Crippen molar-refractivity contribution in [3.8, 4) is 5.75 Å². The maximum absolute atomic E-state index is 12.5. The van der Waals surface area contributed by atoms with Crippen LogP contribution in [0.25, 0.3) is 0 Å². The Kier molecular flexibility index (Phi) is 7.27. The van der Waals surface area contributed by atoms with Crippen LogP contribution < -0.4 is 4.74 Å². The number of carbonyl (C=O) groups excluding carboxylic acids is 1. The summed E-state index contributed by atoms with van der Waals surface area (Å²) in [4.78, 5) is 23.6. The van der Waals surface area contributed by atoms with E-state index in [9.17, 15) is 9.59 Å². The van der Waals surface area contributed by atoms with Crippen LogP contribution >= 0.6 is 0 Å². The quantitative estimate of drug-likeness (QED) is 0.641. The van der Waals surface area contributed by atoms with Crippen molar-refractivity contribution in [3.63, 3.8) is 0 Å². The molecule has 2 rings (SSSR count). The van der Waals surface area contributed by atoms with Gasteiger partial charge in [-0.1, -0.05) is 56.8 Å². The summed E-state index contributed by atoms with van der Waals surface area (Å²) in [6.07, 6.45) is 1.61. The number of benzene rings is 2. The third kappa shape index (κ3) is 4.81. The Hall–Kier alpha value is -2.88. The predicted octanol–water partition coefficient (Wildman–Crippen LogP) is 4.21. The molecule has 0 aromatic heterocycles. The van der Waals surface area contributed by atoms with Crippen molar-refractivity contribution >= 4 is 11.8 Å². The second-order valence-corrected chi connectivity index (χ2v) is 4.31. The van der Waals surface area contributed by atoms with Crippen LogP contribution in [-0.4, -0.2) is 23.5 Å². The highest BCUT2D eigenvalue weighted by atomic mass is 16.5. The van der Waals surface area contributed by atoms with Gasteiger partial charge in [-0.3, -0.25) is 4.79 Å². The Balaban J connectivity index is 0.00000127. The van der Waals surface area contributed by atoms with Crippen molar-refractivity contribution in [2.45, 2.75) is 13.8 Å². The molecule has 2 aromatic carbocycles. The molecule has 0 aliphatic heterocycles. The maximum Gasteiger partial charge on any atom is 0.336 e. The van der Waals surface area contributed by atoms with E-state index in [0.29, 0.717) is 17.9 Å². The van der Waals surface area contributed by atoms with Gasteiger partial charge in [-0.2, -0.15) is 0 Å². The molecule has 1 N–H and O–H groups in total. The molecular formula is C19H20O4. The summed E-state index contributed by atoms with van der Waals surface area (Å²) in [7, 11) is 0. The first kappa shape index (κ1) is 18.2. The maximum atomic E-state index is 12.5.